The quantitative estimate of drug-likeness (QED) is 0.0834. The number of ketones is 1. The first-order valence-electron chi connectivity index (χ1n) is 13.9. The summed E-state index contributed by atoms with van der Waals surface area (Å²) < 4.78 is 34.4. The maximum atomic E-state index is 12.9. The van der Waals surface area contributed by atoms with Crippen molar-refractivity contribution in [3.63, 3.8) is 0 Å². The van der Waals surface area contributed by atoms with E-state index in [9.17, 15) is 28.0 Å². The van der Waals surface area contributed by atoms with Crippen molar-refractivity contribution in [1.82, 2.24) is 4.90 Å². The number of unbranched alkanes of at least 4 members (excludes halogenated alkanes) is 14. The predicted molar refractivity (Wildman–Crippen MR) is 139 cm³/mol. The molecule has 10 heteroatoms. The SMILES string of the molecule is CCCCCCCCCCCCCCCCCC(=O)C1=[N+](CC(O)CS(=O)(=O)[O-])CCN1CCO.[Na+]. The van der Waals surface area contributed by atoms with Crippen molar-refractivity contribution < 1.29 is 62.1 Å². The van der Waals surface area contributed by atoms with Gasteiger partial charge in [-0.05, 0) is 6.42 Å². The van der Waals surface area contributed by atoms with Gasteiger partial charge in [-0.15, -0.1) is 0 Å². The fourth-order valence-corrected chi connectivity index (χ4v) is 5.41. The molecule has 0 spiro atoms. The number of amidine groups is 1. The van der Waals surface area contributed by atoms with Crippen molar-refractivity contribution >= 4 is 21.7 Å². The molecule has 0 fully saturated rings. The summed E-state index contributed by atoms with van der Waals surface area (Å²) in [6.45, 7) is 3.37. The van der Waals surface area contributed by atoms with Crippen LogP contribution in [0.5, 0.6) is 0 Å². The monoisotopic (exact) mass is 541 g/mol. The molecule has 0 aromatic heterocycles. The first kappa shape index (κ1) is 36.0. The van der Waals surface area contributed by atoms with Crippen LogP contribution in [0.15, 0.2) is 0 Å². The van der Waals surface area contributed by atoms with E-state index in [1.807, 2.05) is 0 Å². The van der Waals surface area contributed by atoms with Crippen LogP contribution in [0.4, 0.5) is 0 Å². The third kappa shape index (κ3) is 17.5. The minimum absolute atomic E-state index is 0. The third-order valence-corrected chi connectivity index (χ3v) is 7.49. The Morgan fingerprint density at radius 1 is 0.944 bits per heavy atom. The van der Waals surface area contributed by atoms with Gasteiger partial charge >= 0.3 is 35.4 Å². The number of nitrogens with zero attached hydrogens (tertiary/aromatic N) is 2. The second-order valence-electron chi connectivity index (χ2n) is 9.98. The van der Waals surface area contributed by atoms with Crippen molar-refractivity contribution in [1.29, 1.82) is 0 Å². The van der Waals surface area contributed by atoms with Crippen LogP contribution in [0.1, 0.15) is 110 Å². The second kappa shape index (κ2) is 21.9. The van der Waals surface area contributed by atoms with Gasteiger partial charge < -0.3 is 14.8 Å². The van der Waals surface area contributed by atoms with Gasteiger partial charge in [-0.1, -0.05) is 96.8 Å². The van der Waals surface area contributed by atoms with Gasteiger partial charge in [0.05, 0.1) is 22.5 Å². The van der Waals surface area contributed by atoms with Gasteiger partial charge in [-0.3, -0.25) is 14.3 Å². The van der Waals surface area contributed by atoms with E-state index in [-0.39, 0.29) is 48.5 Å². The van der Waals surface area contributed by atoms with Crippen LogP contribution in [0.3, 0.4) is 0 Å². The third-order valence-electron chi connectivity index (χ3n) is 6.69. The molecule has 0 saturated heterocycles. The zero-order valence-electron chi connectivity index (χ0n) is 23.0. The average Bonchev–Trinajstić information content (AvgIpc) is 3.17. The smallest absolute Gasteiger partial charge is 0.748 e. The summed E-state index contributed by atoms with van der Waals surface area (Å²) in [5, 5.41) is 19.3. The fourth-order valence-electron chi connectivity index (χ4n) is 4.83. The fraction of sp³-hybridized carbons (Fsp3) is 0.923. The van der Waals surface area contributed by atoms with Gasteiger partial charge in [-0.25, -0.2) is 8.42 Å². The number of hydrogen-bond acceptors (Lipinski definition) is 7. The molecule has 1 aliphatic rings. The van der Waals surface area contributed by atoms with Crippen molar-refractivity contribution in [2.75, 3.05) is 38.5 Å². The molecule has 0 aromatic carbocycles. The number of carbonyl (C=O) groups excluding carboxylic acids is 1. The van der Waals surface area contributed by atoms with E-state index in [0.717, 1.165) is 19.3 Å². The molecular formula is C26H50N2NaO6S+. The topological polar surface area (TPSA) is 121 Å². The van der Waals surface area contributed by atoms with Gasteiger partial charge in [0.1, 0.15) is 32.3 Å². The van der Waals surface area contributed by atoms with E-state index in [0.29, 0.717) is 31.9 Å². The van der Waals surface area contributed by atoms with Gasteiger partial charge in [0.25, 0.3) is 0 Å². The van der Waals surface area contributed by atoms with Crippen molar-refractivity contribution in [3.05, 3.63) is 0 Å². The Bertz CT molecular complexity index is 717. The van der Waals surface area contributed by atoms with E-state index in [1.165, 1.54) is 77.0 Å². The van der Waals surface area contributed by atoms with Crippen molar-refractivity contribution in [3.8, 4) is 0 Å². The van der Waals surface area contributed by atoms with Crippen molar-refractivity contribution in [2.45, 2.75) is 116 Å². The minimum atomic E-state index is -4.54. The number of carbonyl (C=O) groups is 1. The number of aliphatic hydroxyl groups excluding tert-OH is 2. The molecule has 36 heavy (non-hydrogen) atoms. The van der Waals surface area contributed by atoms with Gasteiger partial charge in [0, 0.05) is 6.42 Å². The molecule has 1 atom stereocenters. The van der Waals surface area contributed by atoms with E-state index < -0.39 is 22.0 Å². The standard InChI is InChI=1S/C26H50N2O6S.Na/c1-2-3-4-5-6-7-8-9-10-11-12-13-14-15-16-17-25(31)26-27(20-21-29)18-19-28(26)22-24(30)23-35(32,33)34;/h24,29-30H,2-23H2,1H3;/q;+1. The zero-order chi connectivity index (χ0) is 25.9. The van der Waals surface area contributed by atoms with Crippen LogP contribution in [0, 0.1) is 0 Å². The summed E-state index contributed by atoms with van der Waals surface area (Å²) in [5.41, 5.74) is 0. The predicted octanol–water partition coefficient (Wildman–Crippen LogP) is 0.446. The summed E-state index contributed by atoms with van der Waals surface area (Å²) in [4.78, 5) is 14.7. The van der Waals surface area contributed by atoms with E-state index in [1.54, 1.807) is 9.48 Å². The molecule has 206 valence electrons. The number of aliphatic hydroxyl groups is 2. The van der Waals surface area contributed by atoms with Crippen LogP contribution in [0.25, 0.3) is 0 Å². The first-order valence-corrected chi connectivity index (χ1v) is 15.5. The molecular weight excluding hydrogens is 491 g/mol. The maximum absolute atomic E-state index is 12.9. The van der Waals surface area contributed by atoms with Crippen molar-refractivity contribution in [2.24, 2.45) is 0 Å². The van der Waals surface area contributed by atoms with E-state index >= 15 is 0 Å². The average molecular weight is 542 g/mol. The second-order valence-corrected chi connectivity index (χ2v) is 11.4. The molecule has 8 nitrogen and oxygen atoms in total. The Balaban J connectivity index is 0.0000122. The molecule has 0 radical (unpaired) electrons. The van der Waals surface area contributed by atoms with Crippen LogP contribution in [0.2, 0.25) is 0 Å². The molecule has 0 bridgehead atoms. The molecule has 0 saturated carbocycles. The largest absolute Gasteiger partial charge is 1.00 e. The van der Waals surface area contributed by atoms with E-state index in [2.05, 4.69) is 6.92 Å². The number of rotatable bonds is 23. The summed E-state index contributed by atoms with van der Waals surface area (Å²) in [7, 11) is -4.54. The normalized spacial score (nSPS) is 14.8. The van der Waals surface area contributed by atoms with Gasteiger partial charge in [0.15, 0.2) is 0 Å². The summed E-state index contributed by atoms with van der Waals surface area (Å²) in [6, 6.07) is 0. The number of Topliss-reactive ketones (excluding diaryl/α,β-unsaturated/α-hetero) is 1. The Morgan fingerprint density at radius 2 is 1.42 bits per heavy atom. The molecule has 0 amide bonds. The Kier molecular flexibility index (Phi) is 21.8. The Labute approximate surface area is 242 Å². The maximum Gasteiger partial charge on any atom is 1.00 e. The van der Waals surface area contributed by atoms with Crippen LogP contribution in [-0.4, -0.2) is 88.9 Å². The summed E-state index contributed by atoms with van der Waals surface area (Å²) in [6.07, 6.45) is 17.9. The molecule has 1 unspecified atom stereocenters. The molecule has 0 aliphatic carbocycles. The van der Waals surface area contributed by atoms with Crippen LogP contribution >= 0.6 is 0 Å². The summed E-state index contributed by atoms with van der Waals surface area (Å²) in [5.74, 6) is -0.501. The summed E-state index contributed by atoms with van der Waals surface area (Å²) >= 11 is 0. The first-order chi connectivity index (χ1) is 16.8. The molecule has 1 heterocycles. The molecule has 0 aromatic rings. The van der Waals surface area contributed by atoms with Gasteiger partial charge in [-0.2, -0.15) is 0 Å². The van der Waals surface area contributed by atoms with Crippen LogP contribution < -0.4 is 29.6 Å². The Hall–Kier alpha value is -0.0300. The minimum Gasteiger partial charge on any atom is -0.748 e. The Morgan fingerprint density at radius 3 is 1.86 bits per heavy atom. The van der Waals surface area contributed by atoms with Crippen LogP contribution in [-0.2, 0) is 14.9 Å². The van der Waals surface area contributed by atoms with E-state index in [4.69, 9.17) is 0 Å². The van der Waals surface area contributed by atoms with Gasteiger partial charge in [0.2, 0.25) is 5.78 Å². The number of hydrogen-bond donors (Lipinski definition) is 2. The molecule has 1 aliphatic heterocycles. The number of β-amino-alcohol motifs (C(OH)–C–C–N with tert-alkyl or cyclic N) is 2. The molecule has 2 N–H and O–H groups in total. The molecule has 1 rings (SSSR count). The zero-order valence-corrected chi connectivity index (χ0v) is 25.8.